The Bertz CT molecular complexity index is 1290. The number of pyridine rings is 2. The minimum absolute atomic E-state index is 0.0312. The van der Waals surface area contributed by atoms with Gasteiger partial charge in [-0.25, -0.2) is 4.98 Å². The molecule has 4 heteroatoms. The number of rotatable bonds is 1. The maximum absolute atomic E-state index is 7.55. The van der Waals surface area contributed by atoms with Crippen LogP contribution in [0.15, 0.2) is 58.5 Å². The standard InChI is InChI=1S/C19H12N2OS/c1-11-5-6-13-12-3-2-4-15(18(12)22-19(13)21-11)17-14-8-10-23-16(14)7-9-20-17/h2-10H,1H3/i1D3. The number of fused-ring (bicyclic) bond motifs is 4. The number of aromatic nitrogens is 2. The summed E-state index contributed by atoms with van der Waals surface area (Å²) in [6, 6.07) is 13.2. The minimum Gasteiger partial charge on any atom is -0.437 e. The van der Waals surface area contributed by atoms with Gasteiger partial charge in [-0.3, -0.25) is 4.98 Å². The normalized spacial score (nSPS) is 14.2. The number of thiophene rings is 1. The van der Waals surface area contributed by atoms with E-state index >= 15 is 0 Å². The van der Waals surface area contributed by atoms with Gasteiger partial charge in [0.25, 0.3) is 0 Å². The van der Waals surface area contributed by atoms with Crippen molar-refractivity contribution in [2.24, 2.45) is 0 Å². The summed E-state index contributed by atoms with van der Waals surface area (Å²) in [6.45, 7) is -2.26. The van der Waals surface area contributed by atoms with E-state index in [-0.39, 0.29) is 5.69 Å². The van der Waals surface area contributed by atoms with Crippen LogP contribution in [-0.4, -0.2) is 9.97 Å². The van der Waals surface area contributed by atoms with E-state index in [9.17, 15) is 0 Å². The summed E-state index contributed by atoms with van der Waals surface area (Å²) in [6.07, 6.45) is 1.79. The second kappa shape index (κ2) is 4.64. The largest absolute Gasteiger partial charge is 0.437 e. The quantitative estimate of drug-likeness (QED) is 0.405. The molecular formula is C19H12N2OS. The van der Waals surface area contributed by atoms with Crippen LogP contribution in [-0.2, 0) is 0 Å². The van der Waals surface area contributed by atoms with Gasteiger partial charge in [-0.1, -0.05) is 12.1 Å². The lowest BCUT2D eigenvalue weighted by atomic mass is 10.0. The van der Waals surface area contributed by atoms with E-state index in [1.54, 1.807) is 23.6 Å². The van der Waals surface area contributed by atoms with Gasteiger partial charge in [0, 0.05) is 42.4 Å². The molecule has 0 unspecified atom stereocenters. The Morgan fingerprint density at radius 3 is 3.00 bits per heavy atom. The Labute approximate surface area is 140 Å². The molecule has 4 heterocycles. The predicted octanol–water partition coefficient (Wildman–Crippen LogP) is 5.57. The van der Waals surface area contributed by atoms with Crippen molar-refractivity contribution in [1.82, 2.24) is 9.97 Å². The van der Waals surface area contributed by atoms with Crippen molar-refractivity contribution in [3.8, 4) is 11.3 Å². The minimum atomic E-state index is -2.26. The Hall–Kier alpha value is -2.72. The molecule has 0 aliphatic carbocycles. The van der Waals surface area contributed by atoms with Crippen LogP contribution in [0.4, 0.5) is 0 Å². The molecule has 1 aromatic carbocycles. The van der Waals surface area contributed by atoms with E-state index in [1.165, 1.54) is 6.07 Å². The van der Waals surface area contributed by atoms with Crippen LogP contribution in [0.5, 0.6) is 0 Å². The zero-order chi connectivity index (χ0) is 17.9. The summed E-state index contributed by atoms with van der Waals surface area (Å²) in [7, 11) is 0. The van der Waals surface area contributed by atoms with Crippen LogP contribution in [0.25, 0.3) is 43.4 Å². The molecule has 110 valence electrons. The molecule has 0 spiro atoms. The van der Waals surface area contributed by atoms with Gasteiger partial charge in [0.15, 0.2) is 0 Å². The van der Waals surface area contributed by atoms with Gasteiger partial charge >= 0.3 is 0 Å². The van der Waals surface area contributed by atoms with Crippen molar-refractivity contribution in [3.63, 3.8) is 0 Å². The van der Waals surface area contributed by atoms with E-state index in [1.807, 2.05) is 29.6 Å². The van der Waals surface area contributed by atoms with E-state index in [2.05, 4.69) is 16.0 Å². The maximum atomic E-state index is 7.55. The molecule has 0 fully saturated rings. The monoisotopic (exact) mass is 319 g/mol. The molecule has 0 radical (unpaired) electrons. The lowest BCUT2D eigenvalue weighted by molar-refractivity contribution is 0.653. The van der Waals surface area contributed by atoms with Gasteiger partial charge in [0.05, 0.1) is 5.69 Å². The molecule has 3 nitrogen and oxygen atoms in total. The third kappa shape index (κ3) is 1.82. The molecule has 0 saturated heterocycles. The number of benzene rings is 1. The molecule has 0 atom stereocenters. The second-order valence-electron chi connectivity index (χ2n) is 5.33. The first-order valence-corrected chi connectivity index (χ1v) is 8.06. The summed E-state index contributed by atoms with van der Waals surface area (Å²) in [5.74, 6) is 0. The third-order valence-corrected chi connectivity index (χ3v) is 4.88. The molecule has 0 aliphatic rings. The first kappa shape index (κ1) is 10.1. The van der Waals surface area contributed by atoms with E-state index in [0.717, 1.165) is 32.1 Å². The van der Waals surface area contributed by atoms with E-state index in [4.69, 9.17) is 8.53 Å². The van der Waals surface area contributed by atoms with Crippen LogP contribution in [0.2, 0.25) is 0 Å². The molecule has 5 rings (SSSR count). The maximum Gasteiger partial charge on any atom is 0.227 e. The molecular weight excluding hydrogens is 304 g/mol. The highest BCUT2D eigenvalue weighted by molar-refractivity contribution is 7.17. The molecule has 0 bridgehead atoms. The van der Waals surface area contributed by atoms with Gasteiger partial charge in [0.2, 0.25) is 5.71 Å². The number of hydrogen-bond acceptors (Lipinski definition) is 4. The molecule has 23 heavy (non-hydrogen) atoms. The highest BCUT2D eigenvalue weighted by Gasteiger charge is 2.15. The third-order valence-electron chi connectivity index (χ3n) is 4.00. The van der Waals surface area contributed by atoms with Crippen LogP contribution in [0, 0.1) is 6.85 Å². The van der Waals surface area contributed by atoms with Crippen LogP contribution >= 0.6 is 11.3 Å². The number of nitrogens with zero attached hydrogens (tertiary/aromatic N) is 2. The highest BCUT2D eigenvalue weighted by Crippen LogP contribution is 2.37. The average Bonchev–Trinajstić information content (AvgIpc) is 3.24. The number of hydrogen-bond donors (Lipinski definition) is 0. The summed E-state index contributed by atoms with van der Waals surface area (Å²) >= 11 is 1.67. The van der Waals surface area contributed by atoms with Gasteiger partial charge in [-0.15, -0.1) is 11.3 Å². The van der Waals surface area contributed by atoms with E-state index in [0.29, 0.717) is 11.3 Å². The highest BCUT2D eigenvalue weighted by atomic mass is 32.1. The van der Waals surface area contributed by atoms with Crippen molar-refractivity contribution in [2.75, 3.05) is 0 Å². The SMILES string of the molecule is [2H]C([2H])([2H])c1ccc2c(n1)oc1c(-c3nccc4sccc34)cccc12. The smallest absolute Gasteiger partial charge is 0.227 e. The molecule has 0 saturated carbocycles. The van der Waals surface area contributed by atoms with Crippen molar-refractivity contribution in [3.05, 3.63) is 59.7 Å². The molecule has 0 N–H and O–H groups in total. The van der Waals surface area contributed by atoms with Crippen molar-refractivity contribution < 1.29 is 8.53 Å². The van der Waals surface area contributed by atoms with Gasteiger partial charge in [-0.05, 0) is 42.6 Å². The molecule has 4 aromatic heterocycles. The zero-order valence-electron chi connectivity index (χ0n) is 14.9. The van der Waals surface area contributed by atoms with Crippen molar-refractivity contribution >= 4 is 43.5 Å². The molecule has 0 aliphatic heterocycles. The van der Waals surface area contributed by atoms with Crippen LogP contribution in [0.3, 0.4) is 0 Å². The zero-order valence-corrected chi connectivity index (χ0v) is 12.7. The Kier molecular flexibility index (Phi) is 2.04. The molecule has 5 aromatic rings. The Morgan fingerprint density at radius 1 is 1.04 bits per heavy atom. The van der Waals surface area contributed by atoms with Crippen molar-refractivity contribution in [1.29, 1.82) is 0 Å². The fourth-order valence-corrected chi connectivity index (χ4v) is 3.76. The van der Waals surface area contributed by atoms with Crippen LogP contribution in [0.1, 0.15) is 9.81 Å². The number of furan rings is 1. The lowest BCUT2D eigenvalue weighted by Crippen LogP contribution is -1.84. The van der Waals surface area contributed by atoms with Gasteiger partial charge in [-0.2, -0.15) is 0 Å². The first-order chi connectivity index (χ1) is 12.5. The summed E-state index contributed by atoms with van der Waals surface area (Å²) in [5.41, 5.74) is 2.76. The summed E-state index contributed by atoms with van der Waals surface area (Å²) < 4.78 is 29.8. The fourth-order valence-electron chi connectivity index (χ4n) is 2.97. The number of aryl methyl sites for hydroxylation is 1. The average molecular weight is 319 g/mol. The Morgan fingerprint density at radius 2 is 2.04 bits per heavy atom. The number of para-hydroxylation sites is 1. The second-order valence-corrected chi connectivity index (χ2v) is 6.27. The first-order valence-electron chi connectivity index (χ1n) is 8.68. The topological polar surface area (TPSA) is 38.9 Å². The molecule has 0 amide bonds. The summed E-state index contributed by atoms with van der Waals surface area (Å²) in [5, 5.41) is 4.81. The fraction of sp³-hybridized carbons (Fsp3) is 0.0526. The Balaban J connectivity index is 1.83. The predicted molar refractivity (Wildman–Crippen MR) is 94.9 cm³/mol. The van der Waals surface area contributed by atoms with Gasteiger partial charge in [0.1, 0.15) is 5.58 Å². The van der Waals surface area contributed by atoms with Gasteiger partial charge < -0.3 is 4.42 Å². The van der Waals surface area contributed by atoms with Crippen LogP contribution < -0.4 is 0 Å². The van der Waals surface area contributed by atoms with Crippen molar-refractivity contribution in [2.45, 2.75) is 6.85 Å². The van der Waals surface area contributed by atoms with E-state index < -0.39 is 6.85 Å². The summed E-state index contributed by atoms with van der Waals surface area (Å²) in [4.78, 5) is 8.79. The lowest BCUT2D eigenvalue weighted by Gasteiger charge is -2.03.